The van der Waals surface area contributed by atoms with Gasteiger partial charge in [0.2, 0.25) is 0 Å². The maximum Gasteiger partial charge on any atom is 0.305 e. The first-order valence-corrected chi connectivity index (χ1v) is 19.3. The largest absolute Gasteiger partial charge is 0.463 e. The van der Waals surface area contributed by atoms with Crippen LogP contribution in [0.3, 0.4) is 0 Å². The maximum atomic E-state index is 11.8. The van der Waals surface area contributed by atoms with E-state index in [-0.39, 0.29) is 5.97 Å². The highest BCUT2D eigenvalue weighted by molar-refractivity contribution is 14.1. The molecule has 0 heterocycles. The molecule has 0 aliphatic carbocycles. The lowest BCUT2D eigenvalue weighted by Gasteiger charge is -2.09. The second-order valence-electron chi connectivity index (χ2n) is 10.6. The number of hydrogen-bond acceptors (Lipinski definition) is 12. The third-order valence-corrected chi connectivity index (χ3v) is 6.99. The quantitative estimate of drug-likeness (QED) is 0.0356. The van der Waals surface area contributed by atoms with Crippen LogP contribution in [-0.2, 0) is 56.9 Å². The Morgan fingerprint density at radius 2 is 0.617 bits per heavy atom. The molecule has 0 N–H and O–H groups in total. The third-order valence-electron chi connectivity index (χ3n) is 6.54. The average molecular weight is 795 g/mol. The van der Waals surface area contributed by atoms with Crippen LogP contribution in [-0.4, -0.2) is 149 Å². The number of ether oxygens (including phenoxy) is 11. The fourth-order valence-electron chi connectivity index (χ4n) is 4.00. The number of rotatable bonds is 42. The summed E-state index contributed by atoms with van der Waals surface area (Å²) in [4.78, 5) is 11.8. The minimum atomic E-state index is -0.135. The molecule has 0 fully saturated rings. The van der Waals surface area contributed by atoms with E-state index < -0.39 is 0 Å². The summed E-state index contributed by atoms with van der Waals surface area (Å²) in [5.74, 6) is -0.135. The lowest BCUT2D eigenvalue weighted by Crippen LogP contribution is -2.15. The van der Waals surface area contributed by atoms with Gasteiger partial charge in [-0.2, -0.15) is 0 Å². The molecule has 0 aliphatic heterocycles. The average Bonchev–Trinajstić information content (AvgIpc) is 3.08. The molecule has 0 aromatic rings. The predicted molar refractivity (Wildman–Crippen MR) is 190 cm³/mol. The van der Waals surface area contributed by atoms with Crippen molar-refractivity contribution in [1.29, 1.82) is 0 Å². The molecule has 0 rings (SSSR count). The van der Waals surface area contributed by atoms with E-state index in [1.807, 2.05) is 0 Å². The zero-order valence-electron chi connectivity index (χ0n) is 29.4. The molecule has 13 heteroatoms. The van der Waals surface area contributed by atoms with E-state index in [2.05, 4.69) is 29.5 Å². The van der Waals surface area contributed by atoms with Crippen molar-refractivity contribution in [1.82, 2.24) is 0 Å². The van der Waals surface area contributed by atoms with Gasteiger partial charge >= 0.3 is 5.97 Å². The minimum absolute atomic E-state index is 0.135. The van der Waals surface area contributed by atoms with Gasteiger partial charge < -0.3 is 52.1 Å². The molecule has 0 amide bonds. The summed E-state index contributed by atoms with van der Waals surface area (Å²) in [5.41, 5.74) is 0. The SMILES string of the molecule is CCCCCCCCCCCC(=O)OCCOCCOCCOCCOCCOCCOCCOCCOCCOCCOCCI. The van der Waals surface area contributed by atoms with E-state index in [0.717, 1.165) is 23.9 Å². The fraction of sp³-hybridized carbons (Fsp3) is 0.971. The highest BCUT2D eigenvalue weighted by Gasteiger charge is 2.03. The van der Waals surface area contributed by atoms with Crippen LogP contribution in [0.1, 0.15) is 71.1 Å². The molecule has 0 saturated carbocycles. The van der Waals surface area contributed by atoms with Gasteiger partial charge in [0.25, 0.3) is 0 Å². The zero-order valence-corrected chi connectivity index (χ0v) is 31.6. The number of carbonyl (C=O) groups excluding carboxylic acids is 1. The van der Waals surface area contributed by atoms with Crippen molar-refractivity contribution in [2.75, 3.05) is 143 Å². The van der Waals surface area contributed by atoms with Crippen LogP contribution in [0, 0.1) is 0 Å². The Balaban J connectivity index is 3.10. The van der Waals surface area contributed by atoms with Gasteiger partial charge in [0, 0.05) is 10.8 Å². The van der Waals surface area contributed by atoms with Gasteiger partial charge in [-0.1, -0.05) is 80.9 Å². The first kappa shape index (κ1) is 46.8. The number of halogens is 1. The van der Waals surface area contributed by atoms with Crippen LogP contribution in [0.5, 0.6) is 0 Å². The van der Waals surface area contributed by atoms with Crippen molar-refractivity contribution >= 4 is 28.6 Å². The third kappa shape index (κ3) is 43.8. The molecule has 0 bridgehead atoms. The van der Waals surface area contributed by atoms with Crippen molar-refractivity contribution in [3.05, 3.63) is 0 Å². The van der Waals surface area contributed by atoms with Gasteiger partial charge in [-0.15, -0.1) is 0 Å². The molecule has 0 atom stereocenters. The van der Waals surface area contributed by atoms with E-state index in [0.29, 0.717) is 139 Å². The molecule has 47 heavy (non-hydrogen) atoms. The monoisotopic (exact) mass is 794 g/mol. The van der Waals surface area contributed by atoms with Crippen molar-refractivity contribution in [2.45, 2.75) is 71.1 Å². The van der Waals surface area contributed by atoms with Gasteiger partial charge in [-0.05, 0) is 6.42 Å². The van der Waals surface area contributed by atoms with Gasteiger partial charge in [-0.25, -0.2) is 0 Å². The summed E-state index contributed by atoms with van der Waals surface area (Å²) in [5, 5.41) is 0. The summed E-state index contributed by atoms with van der Waals surface area (Å²) in [7, 11) is 0. The Bertz CT molecular complexity index is 591. The van der Waals surface area contributed by atoms with Gasteiger partial charge in [0.1, 0.15) is 6.61 Å². The van der Waals surface area contributed by atoms with Crippen LogP contribution < -0.4 is 0 Å². The number of alkyl halides is 1. The van der Waals surface area contributed by atoms with Crippen LogP contribution in [0.15, 0.2) is 0 Å². The summed E-state index contributed by atoms with van der Waals surface area (Å²) >= 11 is 2.28. The van der Waals surface area contributed by atoms with Crippen molar-refractivity contribution < 1.29 is 56.9 Å². The van der Waals surface area contributed by atoms with Crippen LogP contribution in [0.4, 0.5) is 0 Å². The summed E-state index contributed by atoms with van der Waals surface area (Å²) in [6.45, 7) is 13.1. The Morgan fingerprint density at radius 1 is 0.362 bits per heavy atom. The van der Waals surface area contributed by atoms with E-state index in [1.54, 1.807) is 0 Å². The number of esters is 1. The number of carbonyl (C=O) groups is 1. The van der Waals surface area contributed by atoms with E-state index in [4.69, 9.17) is 52.1 Å². The maximum absolute atomic E-state index is 11.8. The highest BCUT2D eigenvalue weighted by Crippen LogP contribution is 2.10. The van der Waals surface area contributed by atoms with Gasteiger partial charge in [0.15, 0.2) is 0 Å². The number of unbranched alkanes of at least 4 members (excludes halogenated alkanes) is 8. The topological polar surface area (TPSA) is 119 Å². The van der Waals surface area contributed by atoms with Gasteiger partial charge in [-0.3, -0.25) is 4.79 Å². The van der Waals surface area contributed by atoms with Crippen LogP contribution in [0.2, 0.25) is 0 Å². The Hall–Kier alpha value is -0.200. The molecule has 12 nitrogen and oxygen atoms in total. The van der Waals surface area contributed by atoms with Crippen molar-refractivity contribution in [2.24, 2.45) is 0 Å². The van der Waals surface area contributed by atoms with Crippen molar-refractivity contribution in [3.63, 3.8) is 0 Å². The Labute approximate surface area is 298 Å². The van der Waals surface area contributed by atoms with Crippen LogP contribution in [0.25, 0.3) is 0 Å². The fourth-order valence-corrected chi connectivity index (χ4v) is 4.31. The lowest BCUT2D eigenvalue weighted by molar-refractivity contribution is -0.145. The Kier molecular flexibility index (Phi) is 43.6. The molecule has 0 spiro atoms. The second kappa shape index (κ2) is 43.8. The summed E-state index contributed by atoms with van der Waals surface area (Å²) in [6, 6.07) is 0. The first-order valence-electron chi connectivity index (χ1n) is 17.8. The molecule has 0 radical (unpaired) electrons. The molecule has 0 unspecified atom stereocenters. The molecule has 0 aromatic heterocycles. The molecule has 0 saturated heterocycles. The molecule has 0 aliphatic rings. The van der Waals surface area contributed by atoms with Gasteiger partial charge in [0.05, 0.1) is 132 Å². The molecular weight excluding hydrogens is 727 g/mol. The van der Waals surface area contributed by atoms with E-state index >= 15 is 0 Å². The number of hydrogen-bond donors (Lipinski definition) is 0. The molecule has 282 valence electrons. The summed E-state index contributed by atoms with van der Waals surface area (Å²) in [6.07, 6.45) is 11.6. The smallest absolute Gasteiger partial charge is 0.305 e. The standard InChI is InChI=1S/C34H67IO12/c1-2-3-4-5-6-7-8-9-10-11-34(36)47-33-32-46-31-30-45-29-28-44-27-26-43-25-24-42-23-22-41-21-20-40-19-18-39-17-16-38-15-14-37-13-12-35/h2-33H2,1H3. The molecule has 0 aromatic carbocycles. The minimum Gasteiger partial charge on any atom is -0.463 e. The highest BCUT2D eigenvalue weighted by atomic mass is 127. The lowest BCUT2D eigenvalue weighted by atomic mass is 10.1. The van der Waals surface area contributed by atoms with E-state index in [1.165, 1.54) is 44.9 Å². The van der Waals surface area contributed by atoms with Crippen LogP contribution >= 0.6 is 22.6 Å². The zero-order chi connectivity index (χ0) is 34.0. The van der Waals surface area contributed by atoms with E-state index in [9.17, 15) is 4.79 Å². The summed E-state index contributed by atoms with van der Waals surface area (Å²) < 4.78 is 60.7. The Morgan fingerprint density at radius 3 is 0.915 bits per heavy atom. The van der Waals surface area contributed by atoms with Crippen molar-refractivity contribution in [3.8, 4) is 0 Å². The first-order chi connectivity index (χ1) is 23.3. The normalized spacial score (nSPS) is 11.4. The molecular formula is C34H67IO12. The second-order valence-corrected chi connectivity index (χ2v) is 11.7. The predicted octanol–water partition coefficient (Wildman–Crippen LogP) is 5.05.